The van der Waals surface area contributed by atoms with Crippen molar-refractivity contribution in [1.29, 1.82) is 0 Å². The largest absolute Gasteiger partial charge is 0.508 e. The highest BCUT2D eigenvalue weighted by Crippen LogP contribution is 2.31. The van der Waals surface area contributed by atoms with Gasteiger partial charge >= 0.3 is 0 Å². The number of para-hydroxylation sites is 1. The summed E-state index contributed by atoms with van der Waals surface area (Å²) in [4.78, 5) is 24.8. The quantitative estimate of drug-likeness (QED) is 0.721. The van der Waals surface area contributed by atoms with E-state index < -0.39 is 11.9 Å². The van der Waals surface area contributed by atoms with E-state index in [9.17, 15) is 14.7 Å². The molecule has 0 radical (unpaired) electrons. The van der Waals surface area contributed by atoms with Crippen molar-refractivity contribution in [2.45, 2.75) is 6.04 Å². The summed E-state index contributed by atoms with van der Waals surface area (Å²) < 4.78 is 5.60. The van der Waals surface area contributed by atoms with E-state index in [0.29, 0.717) is 16.5 Å². The molecule has 0 saturated carbocycles. The third-order valence-electron chi connectivity index (χ3n) is 3.81. The number of hydrogen-bond acceptors (Lipinski definition) is 4. The number of carbonyl (C=O) groups is 1. The zero-order chi connectivity index (χ0) is 15.3. The molecular formula is C17H11NO4. The van der Waals surface area contributed by atoms with Gasteiger partial charge in [0.25, 0.3) is 5.91 Å². The molecule has 0 bridgehead atoms. The molecular weight excluding hydrogens is 282 g/mol. The van der Waals surface area contributed by atoms with E-state index in [4.69, 9.17) is 4.42 Å². The molecule has 0 aliphatic carbocycles. The highest BCUT2D eigenvalue weighted by atomic mass is 16.3. The fourth-order valence-corrected chi connectivity index (χ4v) is 2.81. The van der Waals surface area contributed by atoms with E-state index in [1.165, 1.54) is 12.1 Å². The summed E-state index contributed by atoms with van der Waals surface area (Å²) in [5.41, 5.74) is 1.07. The zero-order valence-electron chi connectivity index (χ0n) is 11.4. The van der Waals surface area contributed by atoms with Gasteiger partial charge in [-0.15, -0.1) is 0 Å². The Morgan fingerprint density at radius 3 is 2.68 bits per heavy atom. The van der Waals surface area contributed by atoms with Crippen LogP contribution < -0.4 is 10.7 Å². The van der Waals surface area contributed by atoms with Gasteiger partial charge in [-0.1, -0.05) is 24.3 Å². The second-order valence-electron chi connectivity index (χ2n) is 5.17. The number of benzene rings is 2. The molecule has 22 heavy (non-hydrogen) atoms. The zero-order valence-corrected chi connectivity index (χ0v) is 11.4. The first-order valence-corrected chi connectivity index (χ1v) is 6.80. The molecule has 0 saturated heterocycles. The van der Waals surface area contributed by atoms with Crippen LogP contribution in [0, 0.1) is 0 Å². The highest BCUT2D eigenvalue weighted by molar-refractivity contribution is 5.98. The highest BCUT2D eigenvalue weighted by Gasteiger charge is 2.35. The van der Waals surface area contributed by atoms with Crippen LogP contribution in [0.5, 0.6) is 5.75 Å². The maximum atomic E-state index is 12.7. The van der Waals surface area contributed by atoms with Crippen LogP contribution in [0.1, 0.15) is 27.7 Å². The predicted molar refractivity (Wildman–Crippen MR) is 79.9 cm³/mol. The van der Waals surface area contributed by atoms with E-state index in [1.807, 2.05) is 0 Å². The molecule has 1 aromatic heterocycles. The summed E-state index contributed by atoms with van der Waals surface area (Å²) >= 11 is 0. The van der Waals surface area contributed by atoms with Gasteiger partial charge in [-0.05, 0) is 29.8 Å². The van der Waals surface area contributed by atoms with Crippen molar-refractivity contribution >= 4 is 16.9 Å². The summed E-state index contributed by atoms with van der Waals surface area (Å²) in [5.74, 6) is -0.311. The number of phenols is 1. The van der Waals surface area contributed by atoms with Crippen LogP contribution in [0.15, 0.2) is 57.7 Å². The maximum Gasteiger partial charge on any atom is 0.288 e. The van der Waals surface area contributed by atoms with Gasteiger partial charge in [0.2, 0.25) is 5.76 Å². The van der Waals surface area contributed by atoms with Crippen LogP contribution in [0.3, 0.4) is 0 Å². The fourth-order valence-electron chi connectivity index (χ4n) is 2.81. The SMILES string of the molecule is O=C1N[C@@H](c2cccc(O)c2)c2c1oc1ccccc1c2=O. The molecule has 2 aromatic carbocycles. The minimum Gasteiger partial charge on any atom is -0.508 e. The summed E-state index contributed by atoms with van der Waals surface area (Å²) in [6.45, 7) is 0. The van der Waals surface area contributed by atoms with Crippen molar-refractivity contribution in [3.05, 3.63) is 75.6 Å². The van der Waals surface area contributed by atoms with Gasteiger partial charge in [-0.2, -0.15) is 0 Å². The molecule has 1 aliphatic rings. The first kappa shape index (κ1) is 12.6. The molecule has 2 N–H and O–H groups in total. The second-order valence-corrected chi connectivity index (χ2v) is 5.17. The van der Waals surface area contributed by atoms with Crippen LogP contribution in [-0.2, 0) is 0 Å². The van der Waals surface area contributed by atoms with E-state index in [-0.39, 0.29) is 22.5 Å². The molecule has 5 nitrogen and oxygen atoms in total. The lowest BCUT2D eigenvalue weighted by molar-refractivity contribution is 0.0938. The smallest absolute Gasteiger partial charge is 0.288 e. The number of fused-ring (bicyclic) bond motifs is 2. The van der Waals surface area contributed by atoms with Crippen LogP contribution >= 0.6 is 0 Å². The Labute approximate surface area is 124 Å². The third-order valence-corrected chi connectivity index (χ3v) is 3.81. The minimum atomic E-state index is -0.615. The number of rotatable bonds is 1. The normalized spacial score (nSPS) is 16.5. The van der Waals surface area contributed by atoms with Gasteiger partial charge in [-0.3, -0.25) is 9.59 Å². The van der Waals surface area contributed by atoms with Gasteiger partial charge in [0.15, 0.2) is 5.43 Å². The maximum absolute atomic E-state index is 12.7. The van der Waals surface area contributed by atoms with Crippen molar-refractivity contribution in [1.82, 2.24) is 5.32 Å². The molecule has 5 heteroatoms. The monoisotopic (exact) mass is 293 g/mol. The summed E-state index contributed by atoms with van der Waals surface area (Å²) in [7, 11) is 0. The second kappa shape index (κ2) is 4.46. The Hall–Kier alpha value is -3.08. The van der Waals surface area contributed by atoms with Crippen molar-refractivity contribution in [3.63, 3.8) is 0 Å². The molecule has 1 aliphatic heterocycles. The Kier molecular flexibility index (Phi) is 2.56. The summed E-state index contributed by atoms with van der Waals surface area (Å²) in [6, 6.07) is 12.7. The Bertz CT molecular complexity index is 974. The van der Waals surface area contributed by atoms with E-state index in [1.54, 1.807) is 36.4 Å². The van der Waals surface area contributed by atoms with Crippen molar-refractivity contribution in [2.75, 3.05) is 0 Å². The lowest BCUT2D eigenvalue weighted by atomic mass is 9.99. The van der Waals surface area contributed by atoms with Crippen molar-refractivity contribution in [2.24, 2.45) is 0 Å². The van der Waals surface area contributed by atoms with Gasteiger partial charge in [0.1, 0.15) is 11.3 Å². The van der Waals surface area contributed by atoms with Gasteiger partial charge < -0.3 is 14.8 Å². The molecule has 1 amide bonds. The van der Waals surface area contributed by atoms with Crippen molar-refractivity contribution in [3.8, 4) is 5.75 Å². The van der Waals surface area contributed by atoms with Crippen molar-refractivity contribution < 1.29 is 14.3 Å². The minimum absolute atomic E-state index is 0.0389. The fraction of sp³-hybridized carbons (Fsp3) is 0.0588. The topological polar surface area (TPSA) is 79.5 Å². The van der Waals surface area contributed by atoms with Gasteiger partial charge in [-0.25, -0.2) is 0 Å². The molecule has 4 rings (SSSR count). The number of amides is 1. The molecule has 0 spiro atoms. The number of nitrogens with one attached hydrogen (secondary N) is 1. The Morgan fingerprint density at radius 1 is 1.05 bits per heavy atom. The first-order chi connectivity index (χ1) is 10.6. The molecule has 0 unspecified atom stereocenters. The average Bonchev–Trinajstić information content (AvgIpc) is 2.85. The summed E-state index contributed by atoms with van der Waals surface area (Å²) in [6.07, 6.45) is 0. The number of carbonyl (C=O) groups excluding carboxylic acids is 1. The van der Waals surface area contributed by atoms with Crippen LogP contribution in [-0.4, -0.2) is 11.0 Å². The lowest BCUT2D eigenvalue weighted by Gasteiger charge is -2.11. The van der Waals surface area contributed by atoms with Crippen LogP contribution in [0.2, 0.25) is 0 Å². The standard InChI is InChI=1S/C17H11NO4/c19-10-5-3-4-9(8-10)14-13-15(20)11-6-1-2-7-12(11)22-16(13)17(21)18-14/h1-8,14,19H,(H,18,21)/t14-/m0/s1. The number of aromatic hydroxyl groups is 1. The van der Waals surface area contributed by atoms with Gasteiger partial charge in [0, 0.05) is 0 Å². The molecule has 2 heterocycles. The molecule has 3 aromatic rings. The van der Waals surface area contributed by atoms with Gasteiger partial charge in [0.05, 0.1) is 17.0 Å². The Balaban J connectivity index is 2.01. The molecule has 1 atom stereocenters. The predicted octanol–water partition coefficient (Wildman–Crippen LogP) is 2.33. The lowest BCUT2D eigenvalue weighted by Crippen LogP contribution is -2.21. The van der Waals surface area contributed by atoms with E-state index in [2.05, 4.69) is 5.32 Å². The van der Waals surface area contributed by atoms with E-state index >= 15 is 0 Å². The Morgan fingerprint density at radius 2 is 1.86 bits per heavy atom. The average molecular weight is 293 g/mol. The summed E-state index contributed by atoms with van der Waals surface area (Å²) in [5, 5.41) is 12.8. The molecule has 0 fully saturated rings. The van der Waals surface area contributed by atoms with Crippen LogP contribution in [0.4, 0.5) is 0 Å². The number of hydrogen-bond donors (Lipinski definition) is 2. The first-order valence-electron chi connectivity index (χ1n) is 6.80. The third kappa shape index (κ3) is 1.72. The number of phenolic OH excluding ortho intramolecular Hbond substituents is 1. The molecule has 108 valence electrons. The van der Waals surface area contributed by atoms with Crippen LogP contribution in [0.25, 0.3) is 11.0 Å². The van der Waals surface area contributed by atoms with E-state index in [0.717, 1.165) is 0 Å².